The van der Waals surface area contributed by atoms with E-state index < -0.39 is 10.0 Å². The van der Waals surface area contributed by atoms with E-state index in [4.69, 9.17) is 0 Å². The topological polar surface area (TPSA) is 86.8 Å². The van der Waals surface area contributed by atoms with Crippen molar-refractivity contribution < 1.29 is 18.0 Å². The van der Waals surface area contributed by atoms with Crippen LogP contribution in [-0.2, 0) is 14.8 Å². The summed E-state index contributed by atoms with van der Waals surface area (Å²) in [4.78, 5) is 25.6. The highest BCUT2D eigenvalue weighted by atomic mass is 32.2. The smallest absolute Gasteiger partial charge is 0.238 e. The zero-order chi connectivity index (χ0) is 18.6. The largest absolute Gasteiger partial charge is 0.325 e. The Morgan fingerprint density at radius 3 is 2.48 bits per heavy atom. The van der Waals surface area contributed by atoms with Crippen LogP contribution in [0.2, 0.25) is 0 Å². The van der Waals surface area contributed by atoms with Gasteiger partial charge in [0.25, 0.3) is 0 Å². The lowest BCUT2D eigenvalue weighted by molar-refractivity contribution is -0.117. The second-order valence-corrected chi connectivity index (χ2v) is 8.51. The number of rotatable bonds is 6. The van der Waals surface area contributed by atoms with Crippen molar-refractivity contribution in [2.24, 2.45) is 0 Å². The lowest BCUT2D eigenvalue weighted by Gasteiger charge is -2.35. The second kappa shape index (κ2) is 8.07. The van der Waals surface area contributed by atoms with Crippen LogP contribution < -0.4 is 5.32 Å². The fourth-order valence-corrected chi connectivity index (χ4v) is 3.68. The molecule has 1 fully saturated rings. The Labute approximate surface area is 149 Å². The fourth-order valence-electron chi connectivity index (χ4n) is 2.93. The molecule has 1 saturated heterocycles. The number of hydrogen-bond acceptors (Lipinski definition) is 5. The lowest BCUT2D eigenvalue weighted by Crippen LogP contribution is -2.47. The van der Waals surface area contributed by atoms with Crippen molar-refractivity contribution in [3.05, 3.63) is 29.8 Å². The highest BCUT2D eigenvalue weighted by Crippen LogP contribution is 2.17. The summed E-state index contributed by atoms with van der Waals surface area (Å²) in [6.45, 7) is 3.08. The van der Waals surface area contributed by atoms with Gasteiger partial charge in [0, 0.05) is 37.4 Å². The van der Waals surface area contributed by atoms with Gasteiger partial charge < -0.3 is 5.32 Å². The van der Waals surface area contributed by atoms with E-state index in [1.165, 1.54) is 17.5 Å². The van der Waals surface area contributed by atoms with Gasteiger partial charge in [-0.1, -0.05) is 12.1 Å². The fraction of sp³-hybridized carbons (Fsp3) is 0.529. The predicted molar refractivity (Wildman–Crippen MR) is 97.1 cm³/mol. The molecule has 1 aromatic carbocycles. The van der Waals surface area contributed by atoms with Crippen LogP contribution in [-0.4, -0.2) is 68.3 Å². The third kappa shape index (κ3) is 5.62. The predicted octanol–water partition coefficient (Wildman–Crippen LogP) is 1.18. The Morgan fingerprint density at radius 1 is 1.28 bits per heavy atom. The third-order valence-corrected chi connectivity index (χ3v) is 5.86. The third-order valence-electron chi connectivity index (χ3n) is 4.51. The molecule has 0 aromatic heterocycles. The van der Waals surface area contributed by atoms with Crippen molar-refractivity contribution >= 4 is 27.4 Å². The first-order chi connectivity index (χ1) is 11.7. The molecule has 1 aromatic rings. The minimum atomic E-state index is -3.19. The van der Waals surface area contributed by atoms with Gasteiger partial charge in [-0.2, -0.15) is 0 Å². The molecule has 1 aliphatic rings. The highest BCUT2D eigenvalue weighted by Gasteiger charge is 2.27. The molecule has 1 N–H and O–H groups in total. The molecule has 25 heavy (non-hydrogen) atoms. The van der Waals surface area contributed by atoms with Gasteiger partial charge in [0.05, 0.1) is 12.8 Å². The molecular weight excluding hydrogens is 342 g/mol. The molecule has 0 saturated carbocycles. The molecule has 7 nitrogen and oxygen atoms in total. The molecule has 8 heteroatoms. The normalized spacial score (nSPS) is 16.8. The van der Waals surface area contributed by atoms with E-state index in [-0.39, 0.29) is 24.3 Å². The minimum absolute atomic E-state index is 0.0124. The number of likely N-dealkylation sites (tertiary alicyclic amines) is 1. The van der Waals surface area contributed by atoms with Crippen molar-refractivity contribution in [1.82, 2.24) is 9.21 Å². The van der Waals surface area contributed by atoms with Crippen LogP contribution in [0.4, 0.5) is 5.69 Å². The number of Topliss-reactive ketones (excluding diaryl/α,β-unsaturated/α-hetero) is 1. The summed E-state index contributed by atoms with van der Waals surface area (Å²) in [5, 5.41) is 2.80. The van der Waals surface area contributed by atoms with Crippen LogP contribution in [0.3, 0.4) is 0 Å². The van der Waals surface area contributed by atoms with Gasteiger partial charge in [-0.25, -0.2) is 12.7 Å². The van der Waals surface area contributed by atoms with Crippen LogP contribution in [0.1, 0.15) is 30.1 Å². The Hall–Kier alpha value is -1.77. The summed E-state index contributed by atoms with van der Waals surface area (Å²) in [6.07, 6.45) is 2.62. The van der Waals surface area contributed by atoms with Gasteiger partial charge in [-0.15, -0.1) is 0 Å². The van der Waals surface area contributed by atoms with Gasteiger partial charge in [-0.3, -0.25) is 14.5 Å². The maximum Gasteiger partial charge on any atom is 0.238 e. The Morgan fingerprint density at radius 2 is 1.92 bits per heavy atom. The zero-order valence-corrected chi connectivity index (χ0v) is 15.7. The maximum absolute atomic E-state index is 12.2. The van der Waals surface area contributed by atoms with E-state index in [9.17, 15) is 18.0 Å². The molecule has 2 rings (SSSR count). The molecule has 1 amide bonds. The number of piperidine rings is 1. The van der Waals surface area contributed by atoms with E-state index in [2.05, 4.69) is 5.32 Å². The van der Waals surface area contributed by atoms with Gasteiger partial charge >= 0.3 is 0 Å². The summed E-state index contributed by atoms with van der Waals surface area (Å²) in [5.74, 6) is -0.191. The number of anilines is 1. The summed E-state index contributed by atoms with van der Waals surface area (Å²) in [6, 6.07) is 6.84. The number of amides is 1. The van der Waals surface area contributed by atoms with Crippen LogP contribution in [0.15, 0.2) is 24.3 Å². The van der Waals surface area contributed by atoms with Crippen molar-refractivity contribution in [1.29, 1.82) is 0 Å². The highest BCUT2D eigenvalue weighted by molar-refractivity contribution is 7.88. The molecule has 0 bridgehead atoms. The SMILES string of the molecule is CC(=O)c1cccc(NC(=O)CN2CCC(N(C)S(C)(=O)=O)CC2)c1. The Kier molecular flexibility index (Phi) is 6.31. The Bertz CT molecular complexity index is 740. The first-order valence-electron chi connectivity index (χ1n) is 8.23. The van der Waals surface area contributed by atoms with Crippen molar-refractivity contribution in [3.8, 4) is 0 Å². The van der Waals surface area contributed by atoms with Crippen LogP contribution in [0.5, 0.6) is 0 Å². The molecule has 0 radical (unpaired) electrons. The maximum atomic E-state index is 12.2. The van der Waals surface area contributed by atoms with E-state index in [0.29, 0.717) is 37.2 Å². The molecule has 0 unspecified atom stereocenters. The molecular formula is C17H25N3O4S. The van der Waals surface area contributed by atoms with Crippen molar-refractivity contribution in [2.75, 3.05) is 38.3 Å². The van der Waals surface area contributed by atoms with Crippen molar-refractivity contribution in [3.63, 3.8) is 0 Å². The molecule has 0 spiro atoms. The number of carbonyl (C=O) groups excluding carboxylic acids is 2. The summed E-state index contributed by atoms with van der Waals surface area (Å²) in [7, 11) is -1.59. The monoisotopic (exact) mass is 367 g/mol. The minimum Gasteiger partial charge on any atom is -0.325 e. The van der Waals surface area contributed by atoms with Crippen LogP contribution in [0, 0.1) is 0 Å². The average Bonchev–Trinajstić information content (AvgIpc) is 2.54. The van der Waals surface area contributed by atoms with Gasteiger partial charge in [0.15, 0.2) is 5.78 Å². The van der Waals surface area contributed by atoms with Crippen molar-refractivity contribution in [2.45, 2.75) is 25.8 Å². The van der Waals surface area contributed by atoms with E-state index in [1.54, 1.807) is 31.3 Å². The molecule has 1 heterocycles. The molecule has 0 aliphatic carbocycles. The van der Waals surface area contributed by atoms with E-state index >= 15 is 0 Å². The Balaban J connectivity index is 1.85. The summed E-state index contributed by atoms with van der Waals surface area (Å²) >= 11 is 0. The van der Waals surface area contributed by atoms with Crippen LogP contribution in [0.25, 0.3) is 0 Å². The van der Waals surface area contributed by atoms with Gasteiger partial charge in [-0.05, 0) is 31.9 Å². The second-order valence-electron chi connectivity index (χ2n) is 6.47. The van der Waals surface area contributed by atoms with Gasteiger partial charge in [0.2, 0.25) is 15.9 Å². The number of benzene rings is 1. The number of hydrogen-bond donors (Lipinski definition) is 1. The van der Waals surface area contributed by atoms with E-state index in [1.807, 2.05) is 4.90 Å². The summed E-state index contributed by atoms with van der Waals surface area (Å²) in [5.41, 5.74) is 1.16. The molecule has 0 atom stereocenters. The lowest BCUT2D eigenvalue weighted by atomic mass is 10.1. The first kappa shape index (κ1) is 19.6. The standard InChI is InChI=1S/C17H25N3O4S/c1-13(21)14-5-4-6-15(11-14)18-17(22)12-20-9-7-16(8-10-20)19(2)25(3,23)24/h4-6,11,16H,7-10,12H2,1-3H3,(H,18,22). The average molecular weight is 367 g/mol. The van der Waals surface area contributed by atoms with Gasteiger partial charge in [0.1, 0.15) is 0 Å². The quantitative estimate of drug-likeness (QED) is 0.763. The summed E-state index contributed by atoms with van der Waals surface area (Å²) < 4.78 is 24.6. The number of nitrogens with one attached hydrogen (secondary N) is 1. The number of nitrogens with zero attached hydrogens (tertiary/aromatic N) is 2. The zero-order valence-electron chi connectivity index (χ0n) is 14.9. The number of carbonyl (C=O) groups is 2. The van der Waals surface area contributed by atoms with E-state index in [0.717, 1.165) is 0 Å². The first-order valence-corrected chi connectivity index (χ1v) is 10.1. The molecule has 1 aliphatic heterocycles. The molecule has 138 valence electrons. The number of sulfonamides is 1. The van der Waals surface area contributed by atoms with Crippen LogP contribution >= 0.6 is 0 Å². The number of ketones is 1.